The topological polar surface area (TPSA) is 81.8 Å². The lowest BCUT2D eigenvalue weighted by molar-refractivity contribution is -0.138. The molecule has 2 saturated heterocycles. The molecule has 3 rings (SSSR count). The van der Waals surface area contributed by atoms with E-state index in [0.29, 0.717) is 17.2 Å². The minimum absolute atomic E-state index is 0.0626. The van der Waals surface area contributed by atoms with Gasteiger partial charge in [0.05, 0.1) is 5.75 Å². The van der Waals surface area contributed by atoms with Gasteiger partial charge in [0.2, 0.25) is 5.91 Å². The van der Waals surface area contributed by atoms with Gasteiger partial charge in [-0.25, -0.2) is 4.79 Å². The van der Waals surface area contributed by atoms with E-state index in [-0.39, 0.29) is 5.75 Å². The van der Waals surface area contributed by atoms with E-state index in [9.17, 15) is 14.4 Å². The van der Waals surface area contributed by atoms with Crippen molar-refractivity contribution in [2.75, 3.05) is 18.8 Å². The molecule has 0 saturated carbocycles. The normalized spacial score (nSPS) is 21.8. The molecule has 0 radical (unpaired) electrons. The van der Waals surface area contributed by atoms with E-state index in [1.165, 1.54) is 11.8 Å². The Morgan fingerprint density at radius 3 is 2.61 bits per heavy atom. The zero-order chi connectivity index (χ0) is 20.1. The van der Waals surface area contributed by atoms with Crippen molar-refractivity contribution >= 4 is 46.1 Å². The Hall–Kier alpha value is -2.13. The lowest BCUT2D eigenvalue weighted by atomic mass is 9.93. The van der Waals surface area contributed by atoms with Crippen LogP contribution in [0.5, 0.6) is 0 Å². The number of nitrogens with one attached hydrogen (secondary N) is 2. The number of urea groups is 1. The number of benzene rings is 1. The van der Waals surface area contributed by atoms with Gasteiger partial charge in [0.15, 0.2) is 0 Å². The van der Waals surface area contributed by atoms with Crippen LogP contribution in [0.3, 0.4) is 0 Å². The number of amides is 4. The van der Waals surface area contributed by atoms with Crippen LogP contribution in [-0.2, 0) is 16.0 Å². The first-order valence-corrected chi connectivity index (χ1v) is 10.7. The number of thioether (sulfide) groups is 1. The third-order valence-corrected chi connectivity index (χ3v) is 6.47. The van der Waals surface area contributed by atoms with Gasteiger partial charge in [-0.05, 0) is 38.2 Å². The fraction of sp³-hybridized carbons (Fsp3) is 0.474. The van der Waals surface area contributed by atoms with E-state index in [0.717, 1.165) is 36.5 Å². The maximum absolute atomic E-state index is 12.7. The van der Waals surface area contributed by atoms with Crippen LogP contribution in [0.15, 0.2) is 30.3 Å². The summed E-state index contributed by atoms with van der Waals surface area (Å²) in [4.78, 5) is 39.2. The Bertz CT molecular complexity index is 768. The van der Waals surface area contributed by atoms with Gasteiger partial charge in [0.25, 0.3) is 5.91 Å². The van der Waals surface area contributed by atoms with E-state index in [1.54, 1.807) is 6.92 Å². The highest BCUT2D eigenvalue weighted by Crippen LogP contribution is 2.22. The summed E-state index contributed by atoms with van der Waals surface area (Å²) in [6.07, 6.45) is 3.31. The van der Waals surface area contributed by atoms with Gasteiger partial charge in [-0.3, -0.25) is 15.0 Å². The van der Waals surface area contributed by atoms with Crippen LogP contribution < -0.4 is 10.7 Å². The van der Waals surface area contributed by atoms with Gasteiger partial charge >= 0.3 is 6.03 Å². The molecule has 0 unspecified atom stereocenters. The monoisotopic (exact) mass is 420 g/mol. The van der Waals surface area contributed by atoms with Crippen LogP contribution >= 0.6 is 24.0 Å². The van der Waals surface area contributed by atoms with Crippen LogP contribution in [0, 0.1) is 0 Å². The molecule has 150 valence electrons. The number of hydrogen-bond donors (Lipinski definition) is 2. The number of aryl methyl sites for hydroxylation is 1. The summed E-state index contributed by atoms with van der Waals surface area (Å²) >= 11 is 6.58. The first kappa shape index (κ1) is 20.6. The standard InChI is InChI=1S/C19H24N4O3S2/c1-19(10-9-14-7-3-2-4-8-14)16(25)23(17(26)20-19)21-15(24)13-28-18(27)22-11-5-6-12-22/h2-4,7-8H,5-6,9-13H2,1H3,(H,20,26)(H,21,24)/t19-/m0/s1. The van der Waals surface area contributed by atoms with Gasteiger partial charge in [0.1, 0.15) is 9.86 Å². The Morgan fingerprint density at radius 1 is 1.25 bits per heavy atom. The molecule has 2 heterocycles. The summed E-state index contributed by atoms with van der Waals surface area (Å²) in [5, 5.41) is 3.48. The number of rotatable bonds is 6. The molecule has 9 heteroatoms. The van der Waals surface area contributed by atoms with Crippen LogP contribution in [0.2, 0.25) is 0 Å². The molecule has 1 atom stereocenters. The minimum atomic E-state index is -1.04. The molecule has 0 bridgehead atoms. The first-order chi connectivity index (χ1) is 13.4. The zero-order valence-electron chi connectivity index (χ0n) is 15.8. The average molecular weight is 421 g/mol. The summed E-state index contributed by atoms with van der Waals surface area (Å²) in [6.45, 7) is 3.51. The molecule has 2 fully saturated rings. The molecule has 0 aliphatic carbocycles. The summed E-state index contributed by atoms with van der Waals surface area (Å²) in [7, 11) is 0. The highest BCUT2D eigenvalue weighted by molar-refractivity contribution is 8.23. The summed E-state index contributed by atoms with van der Waals surface area (Å²) in [5.41, 5.74) is 2.45. The Morgan fingerprint density at radius 2 is 1.93 bits per heavy atom. The smallest absolute Gasteiger partial charge is 0.344 e. The van der Waals surface area contributed by atoms with Crippen molar-refractivity contribution in [2.45, 2.75) is 38.1 Å². The minimum Gasteiger partial charge on any atom is -0.358 e. The SMILES string of the molecule is C[C@@]1(CCc2ccccc2)NC(=O)N(NC(=O)CSC(=S)N2CCCC2)C1=O. The van der Waals surface area contributed by atoms with Crippen molar-refractivity contribution in [1.29, 1.82) is 0 Å². The average Bonchev–Trinajstić information content (AvgIpc) is 3.29. The molecular weight excluding hydrogens is 396 g/mol. The van der Waals surface area contributed by atoms with Crippen LogP contribution in [0.4, 0.5) is 4.79 Å². The second-order valence-electron chi connectivity index (χ2n) is 7.17. The predicted molar refractivity (Wildman–Crippen MR) is 113 cm³/mol. The van der Waals surface area contributed by atoms with E-state index in [2.05, 4.69) is 15.6 Å². The molecule has 1 aromatic carbocycles. The van der Waals surface area contributed by atoms with E-state index < -0.39 is 23.4 Å². The van der Waals surface area contributed by atoms with Crippen LogP contribution in [0.25, 0.3) is 0 Å². The molecule has 28 heavy (non-hydrogen) atoms. The lowest BCUT2D eigenvalue weighted by Gasteiger charge is -2.22. The molecular formula is C19H24N4O3S2. The number of nitrogens with zero attached hydrogens (tertiary/aromatic N) is 2. The second kappa shape index (κ2) is 8.91. The highest BCUT2D eigenvalue weighted by atomic mass is 32.2. The molecule has 1 aromatic rings. The van der Waals surface area contributed by atoms with Crippen molar-refractivity contribution in [1.82, 2.24) is 20.7 Å². The number of thiocarbonyl (C=S) groups is 1. The molecule has 0 aromatic heterocycles. The van der Waals surface area contributed by atoms with Crippen molar-refractivity contribution in [3.8, 4) is 0 Å². The molecule has 2 aliphatic rings. The molecule has 0 spiro atoms. The maximum Gasteiger partial charge on any atom is 0.344 e. The van der Waals surface area contributed by atoms with Gasteiger partial charge in [-0.15, -0.1) is 0 Å². The van der Waals surface area contributed by atoms with Gasteiger partial charge in [-0.2, -0.15) is 5.01 Å². The third-order valence-electron chi connectivity index (χ3n) is 4.95. The van der Waals surface area contributed by atoms with E-state index >= 15 is 0 Å². The molecule has 2 aliphatic heterocycles. The summed E-state index contributed by atoms with van der Waals surface area (Å²) in [6, 6.07) is 9.14. The molecule has 2 N–H and O–H groups in total. The number of carbonyl (C=O) groups excluding carboxylic acids is 3. The summed E-state index contributed by atoms with van der Waals surface area (Å²) in [5.74, 6) is -0.816. The third kappa shape index (κ3) is 4.82. The fourth-order valence-electron chi connectivity index (χ4n) is 3.27. The predicted octanol–water partition coefficient (Wildman–Crippen LogP) is 2.07. The number of imide groups is 1. The fourth-order valence-corrected chi connectivity index (χ4v) is 4.31. The van der Waals surface area contributed by atoms with Crippen molar-refractivity contribution in [3.63, 3.8) is 0 Å². The lowest BCUT2D eigenvalue weighted by Crippen LogP contribution is -2.49. The maximum atomic E-state index is 12.7. The Balaban J connectivity index is 1.51. The van der Waals surface area contributed by atoms with Crippen LogP contribution in [-0.4, -0.2) is 56.5 Å². The van der Waals surface area contributed by atoms with Crippen molar-refractivity contribution in [3.05, 3.63) is 35.9 Å². The largest absolute Gasteiger partial charge is 0.358 e. The van der Waals surface area contributed by atoms with Crippen molar-refractivity contribution < 1.29 is 14.4 Å². The quantitative estimate of drug-likeness (QED) is 0.542. The van der Waals surface area contributed by atoms with Gasteiger partial charge in [-0.1, -0.05) is 54.3 Å². The number of hydrogen-bond acceptors (Lipinski definition) is 5. The summed E-state index contributed by atoms with van der Waals surface area (Å²) < 4.78 is 0.678. The first-order valence-electron chi connectivity index (χ1n) is 9.31. The number of likely N-dealkylation sites (tertiary alicyclic amines) is 1. The number of carbonyl (C=O) groups is 3. The van der Waals surface area contributed by atoms with Gasteiger partial charge < -0.3 is 10.2 Å². The molecule has 4 amide bonds. The van der Waals surface area contributed by atoms with Crippen molar-refractivity contribution in [2.24, 2.45) is 0 Å². The highest BCUT2D eigenvalue weighted by Gasteiger charge is 2.48. The van der Waals surface area contributed by atoms with E-state index in [4.69, 9.17) is 12.2 Å². The van der Waals surface area contributed by atoms with Crippen LogP contribution in [0.1, 0.15) is 31.7 Å². The Labute approximate surface area is 174 Å². The zero-order valence-corrected chi connectivity index (χ0v) is 17.4. The molecule has 7 nitrogen and oxygen atoms in total. The van der Waals surface area contributed by atoms with Gasteiger partial charge in [0, 0.05) is 13.1 Å². The number of hydrazine groups is 1. The second-order valence-corrected chi connectivity index (χ2v) is 8.78. The van der Waals surface area contributed by atoms with E-state index in [1.807, 2.05) is 30.3 Å². The Kier molecular flexibility index (Phi) is 6.56.